The molecule has 0 bridgehead atoms. The van der Waals surface area contributed by atoms with E-state index in [0.717, 1.165) is 53.9 Å². The lowest BCUT2D eigenvalue weighted by Gasteiger charge is -2.12. The summed E-state index contributed by atoms with van der Waals surface area (Å²) in [6.07, 6.45) is 12.2. The molecule has 2 heterocycles. The smallest absolute Gasteiger partial charge is 0.164 e. The minimum absolute atomic E-state index is 0.707. The first-order chi connectivity index (χ1) is 27.6. The number of allylic oxidation sites excluding steroid dienone is 4. The molecular formula is C52H38N4. The van der Waals surface area contributed by atoms with Gasteiger partial charge in [0, 0.05) is 27.9 Å². The van der Waals surface area contributed by atoms with Crippen LogP contribution in [0.1, 0.15) is 52.2 Å². The second kappa shape index (κ2) is 12.9. The SMILES string of the molecule is C=Cc1c(C)c2ccccc2n1-c1ccc2c(c1)-c1ccc(-c3ccc4c(c3)Cc3cc(-c5nc(C6=CC=CCC6)nc(-c6ccccc6)n5)ccc3-4)cc1C2. The minimum atomic E-state index is 0.707. The van der Waals surface area contributed by atoms with Gasteiger partial charge in [-0.15, -0.1) is 0 Å². The van der Waals surface area contributed by atoms with Gasteiger partial charge in [-0.05, 0) is 130 Å². The Balaban J connectivity index is 0.900. The highest BCUT2D eigenvalue weighted by Crippen LogP contribution is 2.43. The molecule has 0 radical (unpaired) electrons. The van der Waals surface area contributed by atoms with Gasteiger partial charge >= 0.3 is 0 Å². The average Bonchev–Trinajstić information content (AvgIpc) is 3.91. The third-order valence-corrected chi connectivity index (χ3v) is 11.9. The number of benzene rings is 6. The highest BCUT2D eigenvalue weighted by molar-refractivity contribution is 5.91. The van der Waals surface area contributed by atoms with Crippen LogP contribution in [0.4, 0.5) is 0 Å². The molecule has 3 aliphatic rings. The number of nitrogens with zero attached hydrogens (tertiary/aromatic N) is 4. The molecule has 0 saturated carbocycles. The lowest BCUT2D eigenvalue weighted by atomic mass is 9.96. The molecule has 6 aromatic carbocycles. The summed E-state index contributed by atoms with van der Waals surface area (Å²) >= 11 is 0. The van der Waals surface area contributed by atoms with Crippen LogP contribution in [-0.2, 0) is 12.8 Å². The summed E-state index contributed by atoms with van der Waals surface area (Å²) in [6, 6.07) is 46.5. The Kier molecular flexibility index (Phi) is 7.46. The minimum Gasteiger partial charge on any atom is -0.310 e. The molecule has 0 spiro atoms. The molecule has 8 aromatic rings. The van der Waals surface area contributed by atoms with Crippen LogP contribution in [0.3, 0.4) is 0 Å². The average molecular weight is 719 g/mol. The summed E-state index contributed by atoms with van der Waals surface area (Å²) in [5.41, 5.74) is 21.2. The number of para-hydroxylation sites is 1. The number of aryl methyl sites for hydroxylation is 1. The zero-order valence-corrected chi connectivity index (χ0v) is 31.3. The number of fused-ring (bicyclic) bond motifs is 7. The van der Waals surface area contributed by atoms with Gasteiger partial charge in [0.15, 0.2) is 17.5 Å². The maximum atomic E-state index is 5.04. The molecule has 0 unspecified atom stereocenters. The Hall–Kier alpha value is -6.91. The van der Waals surface area contributed by atoms with Crippen molar-refractivity contribution in [2.75, 3.05) is 0 Å². The Morgan fingerprint density at radius 1 is 0.571 bits per heavy atom. The molecule has 3 aliphatic carbocycles. The maximum Gasteiger partial charge on any atom is 0.164 e. The van der Waals surface area contributed by atoms with E-state index in [1.807, 2.05) is 24.3 Å². The molecule has 2 aromatic heterocycles. The van der Waals surface area contributed by atoms with Gasteiger partial charge < -0.3 is 4.57 Å². The van der Waals surface area contributed by atoms with Crippen molar-refractivity contribution in [3.63, 3.8) is 0 Å². The van der Waals surface area contributed by atoms with Crippen molar-refractivity contribution in [3.05, 3.63) is 192 Å². The first kappa shape index (κ1) is 32.5. The lowest BCUT2D eigenvalue weighted by molar-refractivity contribution is 0.977. The van der Waals surface area contributed by atoms with Gasteiger partial charge in [0.2, 0.25) is 0 Å². The van der Waals surface area contributed by atoms with Crippen LogP contribution in [0.25, 0.3) is 84.4 Å². The summed E-state index contributed by atoms with van der Waals surface area (Å²) in [4.78, 5) is 15.0. The zero-order chi connectivity index (χ0) is 37.3. The van der Waals surface area contributed by atoms with E-state index in [1.54, 1.807) is 0 Å². The van der Waals surface area contributed by atoms with Crippen LogP contribution in [-0.4, -0.2) is 19.5 Å². The van der Waals surface area contributed by atoms with E-state index in [1.165, 1.54) is 77.8 Å². The Bertz CT molecular complexity index is 3000. The third kappa shape index (κ3) is 5.25. The Morgan fingerprint density at radius 3 is 1.91 bits per heavy atom. The van der Waals surface area contributed by atoms with E-state index >= 15 is 0 Å². The normalized spacial score (nSPS) is 13.6. The summed E-state index contributed by atoms with van der Waals surface area (Å²) in [6.45, 7) is 6.36. The topological polar surface area (TPSA) is 43.6 Å². The first-order valence-corrected chi connectivity index (χ1v) is 19.5. The monoisotopic (exact) mass is 718 g/mol. The predicted octanol–water partition coefficient (Wildman–Crippen LogP) is 12.6. The van der Waals surface area contributed by atoms with Crippen LogP contribution >= 0.6 is 0 Å². The fourth-order valence-electron chi connectivity index (χ4n) is 9.12. The lowest BCUT2D eigenvalue weighted by Crippen LogP contribution is -2.04. The summed E-state index contributed by atoms with van der Waals surface area (Å²) < 4.78 is 2.35. The van der Waals surface area contributed by atoms with Crippen molar-refractivity contribution in [2.45, 2.75) is 32.6 Å². The van der Waals surface area contributed by atoms with Gasteiger partial charge in [0.1, 0.15) is 0 Å². The molecule has 0 aliphatic heterocycles. The molecule has 0 amide bonds. The Morgan fingerprint density at radius 2 is 1.20 bits per heavy atom. The van der Waals surface area contributed by atoms with Crippen molar-refractivity contribution in [1.82, 2.24) is 19.5 Å². The number of hydrogen-bond acceptors (Lipinski definition) is 3. The maximum absolute atomic E-state index is 5.04. The van der Waals surface area contributed by atoms with E-state index in [0.29, 0.717) is 11.6 Å². The molecule has 11 rings (SSSR count). The van der Waals surface area contributed by atoms with Crippen LogP contribution in [0.15, 0.2) is 152 Å². The summed E-state index contributed by atoms with van der Waals surface area (Å²) in [5.74, 6) is 2.18. The third-order valence-electron chi connectivity index (χ3n) is 11.9. The molecule has 0 fully saturated rings. The van der Waals surface area contributed by atoms with E-state index in [2.05, 4.69) is 145 Å². The van der Waals surface area contributed by atoms with Crippen molar-refractivity contribution in [1.29, 1.82) is 0 Å². The molecule has 0 N–H and O–H groups in total. The van der Waals surface area contributed by atoms with Crippen LogP contribution in [0, 0.1) is 6.92 Å². The van der Waals surface area contributed by atoms with Gasteiger partial charge in [-0.1, -0.05) is 128 Å². The van der Waals surface area contributed by atoms with E-state index < -0.39 is 0 Å². The molecule has 4 heteroatoms. The van der Waals surface area contributed by atoms with Gasteiger partial charge in [-0.3, -0.25) is 0 Å². The quantitative estimate of drug-likeness (QED) is 0.172. The van der Waals surface area contributed by atoms with Crippen molar-refractivity contribution in [3.8, 4) is 61.8 Å². The second-order valence-corrected chi connectivity index (χ2v) is 15.2. The first-order valence-electron chi connectivity index (χ1n) is 19.5. The van der Waals surface area contributed by atoms with Crippen molar-refractivity contribution in [2.24, 2.45) is 0 Å². The summed E-state index contributed by atoms with van der Waals surface area (Å²) in [7, 11) is 0. The number of rotatable bonds is 6. The zero-order valence-electron chi connectivity index (χ0n) is 31.3. The van der Waals surface area contributed by atoms with E-state index in [9.17, 15) is 0 Å². The van der Waals surface area contributed by atoms with Gasteiger partial charge in [0.25, 0.3) is 0 Å². The van der Waals surface area contributed by atoms with E-state index in [-0.39, 0.29) is 0 Å². The van der Waals surface area contributed by atoms with Crippen LogP contribution in [0.5, 0.6) is 0 Å². The van der Waals surface area contributed by atoms with Gasteiger partial charge in [-0.25, -0.2) is 15.0 Å². The van der Waals surface area contributed by atoms with E-state index in [4.69, 9.17) is 15.0 Å². The molecule has 56 heavy (non-hydrogen) atoms. The van der Waals surface area contributed by atoms with Gasteiger partial charge in [0.05, 0.1) is 5.52 Å². The van der Waals surface area contributed by atoms with Crippen molar-refractivity contribution < 1.29 is 0 Å². The van der Waals surface area contributed by atoms with Crippen molar-refractivity contribution >= 4 is 22.6 Å². The van der Waals surface area contributed by atoms with Gasteiger partial charge in [-0.2, -0.15) is 0 Å². The number of hydrogen-bond donors (Lipinski definition) is 0. The predicted molar refractivity (Wildman–Crippen MR) is 231 cm³/mol. The van der Waals surface area contributed by atoms with Crippen LogP contribution in [0.2, 0.25) is 0 Å². The highest BCUT2D eigenvalue weighted by atomic mass is 15.0. The standard InChI is InChI=1S/C52H38N4/c1-3-48-32(2)43-16-10-11-17-49(43)56(48)42-22-18-37-28-39-26-36(20-24-46(39)47(37)31-42)35-19-23-44-40(27-35)30-41-29-38(21-25-45(41)44)52-54-50(33-12-6-4-7-13-33)53-51(55-52)34-14-8-5-9-15-34/h3-8,10-14,16-27,29,31H,1,9,15,28,30H2,2H3. The molecule has 266 valence electrons. The molecule has 0 saturated heterocycles. The number of aromatic nitrogens is 4. The second-order valence-electron chi connectivity index (χ2n) is 15.2. The largest absolute Gasteiger partial charge is 0.310 e. The summed E-state index contributed by atoms with van der Waals surface area (Å²) in [5, 5.41) is 1.27. The Labute approximate surface area is 326 Å². The van der Waals surface area contributed by atoms with Crippen LogP contribution < -0.4 is 0 Å². The molecule has 4 nitrogen and oxygen atoms in total. The highest BCUT2D eigenvalue weighted by Gasteiger charge is 2.24. The molecular weight excluding hydrogens is 681 g/mol. The molecule has 0 atom stereocenters. The fourth-order valence-corrected chi connectivity index (χ4v) is 9.12. The fraction of sp³-hybridized carbons (Fsp3) is 0.0962.